The van der Waals surface area contributed by atoms with Crippen LogP contribution >= 0.6 is 0 Å². The van der Waals surface area contributed by atoms with Gasteiger partial charge in [0.25, 0.3) is 0 Å². The number of nitrogens with two attached hydrogens (primary N) is 1. The lowest BCUT2D eigenvalue weighted by Gasteiger charge is -2.31. The van der Waals surface area contributed by atoms with Crippen molar-refractivity contribution in [2.24, 2.45) is 23.5 Å². The quantitative estimate of drug-likeness (QED) is 0.381. The van der Waals surface area contributed by atoms with E-state index in [-0.39, 0.29) is 6.03 Å². The van der Waals surface area contributed by atoms with Gasteiger partial charge in [0.2, 0.25) is 0 Å². The minimum absolute atomic E-state index is 0.298. The average Bonchev–Trinajstić information content (AvgIpc) is 3.74. The second-order valence-corrected chi connectivity index (χ2v) is 19.6. The fraction of sp³-hybridized carbons (Fsp3) is 0.978. The van der Waals surface area contributed by atoms with Gasteiger partial charge in [-0.1, -0.05) is 48.0 Å². The highest BCUT2D eigenvalue weighted by Crippen LogP contribution is 2.16. The molecular weight excluding hydrogens is 805 g/mol. The van der Waals surface area contributed by atoms with Crippen molar-refractivity contribution in [3.05, 3.63) is 0 Å². The molecule has 0 spiro atoms. The molecule has 16 heteroatoms. The standard InChI is InChI=1S/C7H16N2.C7H15N.C6H13N3O.C6H13NO2S.C6H15N.C5H11NO.C5H10O.C4H11N/c1-3-9-6-4-8(2)5-7-9;1-7-3-5-8(2)6-4-7;1-8-2-4-9(5-3-8)6(7)10;1-6-2-4-7(5-3-6)10(8)9;1-4-5-6-7(2)3;1-6-2-4-7-5-3-6;1-5-2-3-6-4-5;1-4-5(2)3/h3-7H2,1-2H3;7H,3-6H2,1-2H3;2-5H2,1H3,(H2,7,10);6H,2-5H2,1H3,(H,8,9);4-6H2,1-3H3;2-5H2,1H3;5H,2-4H2,1H3;4H2,1-3H3/p-1. The molecule has 15 nitrogen and oxygen atoms in total. The fourth-order valence-electron chi connectivity index (χ4n) is 6.24. The minimum atomic E-state index is -1.98. The summed E-state index contributed by atoms with van der Waals surface area (Å²) in [5.74, 6) is 2.50. The summed E-state index contributed by atoms with van der Waals surface area (Å²) in [5.41, 5.74) is 5.08. The van der Waals surface area contributed by atoms with E-state index in [1.165, 1.54) is 88.8 Å². The van der Waals surface area contributed by atoms with E-state index in [9.17, 15) is 13.6 Å². The Balaban J connectivity index is 0. The summed E-state index contributed by atoms with van der Waals surface area (Å²) in [4.78, 5) is 28.3. The molecular formula is C46H103N10O5S-. The van der Waals surface area contributed by atoms with E-state index in [1.54, 1.807) is 4.90 Å². The lowest BCUT2D eigenvalue weighted by Crippen LogP contribution is -2.49. The van der Waals surface area contributed by atoms with Crippen LogP contribution in [-0.4, -0.2) is 252 Å². The smallest absolute Gasteiger partial charge is 0.314 e. The predicted octanol–water partition coefficient (Wildman–Crippen LogP) is 4.33. The number of piperazine rings is 2. The fourth-order valence-corrected chi connectivity index (χ4v) is 6.75. The summed E-state index contributed by atoms with van der Waals surface area (Å²) in [6.45, 7) is 35.3. The van der Waals surface area contributed by atoms with Gasteiger partial charge in [0.1, 0.15) is 0 Å². The molecule has 0 aromatic rings. The Morgan fingerprint density at radius 2 is 1.05 bits per heavy atom. The molecule has 6 fully saturated rings. The zero-order valence-electron chi connectivity index (χ0n) is 43.1. The molecule has 6 saturated heterocycles. The van der Waals surface area contributed by atoms with Gasteiger partial charge in [-0.2, -0.15) is 0 Å². The number of piperidine rings is 2. The molecule has 0 saturated carbocycles. The summed E-state index contributed by atoms with van der Waals surface area (Å²) < 4.78 is 32.4. The number of nitrogens with zero attached hydrogens (tertiary/aromatic N) is 9. The maximum absolute atomic E-state index is 10.6. The first-order valence-electron chi connectivity index (χ1n) is 24.1. The Labute approximate surface area is 386 Å². The lowest BCUT2D eigenvalue weighted by molar-refractivity contribution is 0.0503. The van der Waals surface area contributed by atoms with Crippen molar-refractivity contribution < 1.29 is 23.0 Å². The first kappa shape index (κ1) is 63.1. The van der Waals surface area contributed by atoms with E-state index in [0.29, 0.717) is 19.0 Å². The normalized spacial score (nSPS) is 22.8. The number of amides is 2. The van der Waals surface area contributed by atoms with Crippen molar-refractivity contribution in [3.63, 3.8) is 0 Å². The highest BCUT2D eigenvalue weighted by Gasteiger charge is 2.17. The summed E-state index contributed by atoms with van der Waals surface area (Å²) in [6, 6.07) is -0.298. The van der Waals surface area contributed by atoms with E-state index in [1.807, 2.05) is 7.05 Å². The predicted molar refractivity (Wildman–Crippen MR) is 264 cm³/mol. The van der Waals surface area contributed by atoms with Gasteiger partial charge in [-0.3, -0.25) is 4.21 Å². The van der Waals surface area contributed by atoms with Crippen molar-refractivity contribution in [3.8, 4) is 0 Å². The van der Waals surface area contributed by atoms with Crippen LogP contribution in [0.1, 0.15) is 86.5 Å². The third-order valence-electron chi connectivity index (χ3n) is 11.8. The molecule has 62 heavy (non-hydrogen) atoms. The summed E-state index contributed by atoms with van der Waals surface area (Å²) in [6.07, 6.45) is 8.71. The zero-order valence-corrected chi connectivity index (χ0v) is 43.9. The largest absolute Gasteiger partial charge is 0.760 e. The number of carbonyl (C=O) groups is 1. The topological polar surface area (TPSA) is 131 Å². The number of rotatable bonds is 6. The molecule has 0 aliphatic carbocycles. The minimum Gasteiger partial charge on any atom is -0.760 e. The van der Waals surface area contributed by atoms with Gasteiger partial charge in [-0.05, 0) is 145 Å². The molecule has 2 unspecified atom stereocenters. The molecule has 0 aromatic carbocycles. The Morgan fingerprint density at radius 3 is 1.32 bits per heavy atom. The Kier molecular flexibility index (Phi) is 42.1. The highest BCUT2D eigenvalue weighted by molar-refractivity contribution is 7.76. The maximum atomic E-state index is 10.6. The molecule has 0 aromatic heterocycles. The van der Waals surface area contributed by atoms with Crippen LogP contribution in [0.15, 0.2) is 0 Å². The number of unbranched alkanes of at least 4 members (excludes halogenated alkanes) is 1. The Bertz CT molecular complexity index is 953. The maximum Gasteiger partial charge on any atom is 0.314 e. The van der Waals surface area contributed by atoms with Crippen molar-refractivity contribution >= 4 is 17.3 Å². The number of primary amides is 1. The molecule has 374 valence electrons. The van der Waals surface area contributed by atoms with E-state index in [0.717, 1.165) is 96.9 Å². The van der Waals surface area contributed by atoms with Crippen LogP contribution in [0.4, 0.5) is 4.79 Å². The van der Waals surface area contributed by atoms with Crippen molar-refractivity contribution in [1.29, 1.82) is 0 Å². The zero-order chi connectivity index (χ0) is 47.3. The summed E-state index contributed by atoms with van der Waals surface area (Å²) >= 11 is -1.98. The third kappa shape index (κ3) is 40.5. The summed E-state index contributed by atoms with van der Waals surface area (Å²) in [5, 5.41) is 0. The number of likely N-dealkylation sites (tertiary alicyclic amines) is 1. The SMILES string of the molecule is CC1CCN(C)CC1.CC1CCN(S(=O)[O-])CC1.CC1CCOC1.CCCCN(C)C.CCN(C)C.CCN1CCN(C)CC1.CN1CCN(C(N)=O)CC1.CN1CCOCC1. The van der Waals surface area contributed by atoms with Crippen LogP contribution in [0.2, 0.25) is 0 Å². The van der Waals surface area contributed by atoms with Crippen LogP contribution < -0.4 is 5.73 Å². The van der Waals surface area contributed by atoms with Gasteiger partial charge >= 0.3 is 6.03 Å². The van der Waals surface area contributed by atoms with Crippen molar-refractivity contribution in [2.45, 2.75) is 86.5 Å². The lowest BCUT2D eigenvalue weighted by atomic mass is 10.00. The molecule has 6 rings (SSSR count). The number of likely N-dealkylation sites (N-methyl/N-ethyl adjacent to an activating group) is 4. The number of hydrogen-bond donors (Lipinski definition) is 1. The van der Waals surface area contributed by atoms with Gasteiger partial charge in [-0.15, -0.1) is 0 Å². The Hall–Kier alpha value is -1.02. The molecule has 6 aliphatic rings. The van der Waals surface area contributed by atoms with Gasteiger partial charge in [0, 0.05) is 103 Å². The second-order valence-electron chi connectivity index (χ2n) is 18.6. The molecule has 0 radical (unpaired) electrons. The average molecular weight is 908 g/mol. The van der Waals surface area contributed by atoms with Crippen LogP contribution in [0, 0.1) is 17.8 Å². The number of urea groups is 1. The van der Waals surface area contributed by atoms with Gasteiger partial charge in [-0.25, -0.2) is 9.10 Å². The van der Waals surface area contributed by atoms with Crippen molar-refractivity contribution in [2.75, 3.05) is 194 Å². The summed E-state index contributed by atoms with van der Waals surface area (Å²) in [7, 11) is 16.9. The molecule has 2 amide bonds. The Morgan fingerprint density at radius 1 is 0.613 bits per heavy atom. The van der Waals surface area contributed by atoms with E-state index >= 15 is 0 Å². The molecule has 6 aliphatic heterocycles. The van der Waals surface area contributed by atoms with Crippen LogP contribution in [-0.2, 0) is 20.7 Å². The van der Waals surface area contributed by atoms with E-state index in [4.69, 9.17) is 15.2 Å². The number of ether oxygens (including phenoxy) is 2. The van der Waals surface area contributed by atoms with Crippen LogP contribution in [0.3, 0.4) is 0 Å². The molecule has 0 bridgehead atoms. The van der Waals surface area contributed by atoms with Gasteiger partial charge in [0.05, 0.1) is 13.2 Å². The number of morpholine rings is 1. The van der Waals surface area contributed by atoms with E-state index < -0.39 is 11.3 Å². The van der Waals surface area contributed by atoms with E-state index in [2.05, 4.69) is 125 Å². The highest BCUT2D eigenvalue weighted by atomic mass is 32.2. The van der Waals surface area contributed by atoms with Crippen LogP contribution in [0.5, 0.6) is 0 Å². The number of hydrogen-bond acceptors (Lipinski definition) is 12. The third-order valence-corrected chi connectivity index (χ3v) is 12.6. The van der Waals surface area contributed by atoms with Gasteiger partial charge in [0.15, 0.2) is 0 Å². The monoisotopic (exact) mass is 908 g/mol. The van der Waals surface area contributed by atoms with Crippen molar-refractivity contribution in [1.82, 2.24) is 43.5 Å². The molecule has 2 atom stereocenters. The molecule has 6 heterocycles. The molecule has 2 N–H and O–H groups in total. The first-order valence-corrected chi connectivity index (χ1v) is 25.2. The van der Waals surface area contributed by atoms with Crippen LogP contribution in [0.25, 0.3) is 0 Å². The van der Waals surface area contributed by atoms with Gasteiger partial charge < -0.3 is 59.0 Å². The first-order chi connectivity index (χ1) is 29.3. The number of carbonyl (C=O) groups excluding carboxylic acids is 1. The second kappa shape index (κ2) is 41.4.